The Morgan fingerprint density at radius 2 is 1.63 bits per heavy atom. The largest absolute Gasteiger partial charge is 0.379 e. The van der Waals surface area contributed by atoms with E-state index in [1.165, 1.54) is 30.2 Å². The number of fused-ring (bicyclic) bond motifs is 2. The van der Waals surface area contributed by atoms with Gasteiger partial charge in [-0.05, 0) is 60.2 Å². The number of carbonyl (C=O) groups excluding carboxylic acids is 2. The topological polar surface area (TPSA) is 75.6 Å². The lowest BCUT2D eigenvalue weighted by molar-refractivity contribution is -0.114. The zero-order valence-corrected chi connectivity index (χ0v) is 22.3. The van der Waals surface area contributed by atoms with Crippen molar-refractivity contribution in [2.24, 2.45) is 0 Å². The van der Waals surface area contributed by atoms with Crippen LogP contribution in [0.1, 0.15) is 66.0 Å². The highest BCUT2D eigenvalue weighted by molar-refractivity contribution is 5.93. The maximum atomic E-state index is 13.2. The third kappa shape index (κ3) is 4.44. The summed E-state index contributed by atoms with van der Waals surface area (Å²) in [7, 11) is 0. The second-order valence-electron chi connectivity index (χ2n) is 11.4. The molecule has 2 amide bonds. The molecule has 1 saturated carbocycles. The molecule has 1 aliphatic carbocycles. The molecule has 1 saturated heterocycles. The van der Waals surface area contributed by atoms with E-state index in [2.05, 4.69) is 57.4 Å². The quantitative estimate of drug-likeness (QED) is 0.487. The number of anilines is 1. The van der Waals surface area contributed by atoms with Crippen LogP contribution in [0.5, 0.6) is 0 Å². The molecule has 1 spiro atoms. The number of carbonyl (C=O) groups is 2. The Labute approximate surface area is 224 Å². The van der Waals surface area contributed by atoms with Crippen molar-refractivity contribution in [1.82, 2.24) is 14.8 Å². The van der Waals surface area contributed by atoms with Crippen molar-refractivity contribution in [3.63, 3.8) is 0 Å². The number of rotatable bonds is 7. The normalized spacial score (nSPS) is 19.2. The van der Waals surface area contributed by atoms with Gasteiger partial charge in [0.1, 0.15) is 5.69 Å². The molecule has 3 aromatic rings. The van der Waals surface area contributed by atoms with E-state index >= 15 is 0 Å². The minimum atomic E-state index is -0.0985. The molecule has 2 aromatic carbocycles. The Morgan fingerprint density at radius 3 is 2.24 bits per heavy atom. The van der Waals surface area contributed by atoms with Crippen LogP contribution in [0.25, 0.3) is 0 Å². The molecule has 7 heteroatoms. The van der Waals surface area contributed by atoms with Crippen molar-refractivity contribution < 1.29 is 14.3 Å². The summed E-state index contributed by atoms with van der Waals surface area (Å²) >= 11 is 0. The first-order chi connectivity index (χ1) is 18.4. The molecule has 198 valence electrons. The molecule has 0 bridgehead atoms. The summed E-state index contributed by atoms with van der Waals surface area (Å²) in [4.78, 5) is 27.0. The Morgan fingerprint density at radius 1 is 0.921 bits per heavy atom. The van der Waals surface area contributed by atoms with E-state index < -0.39 is 0 Å². The van der Waals surface area contributed by atoms with Gasteiger partial charge in [-0.3, -0.25) is 14.5 Å². The number of benzene rings is 2. The summed E-state index contributed by atoms with van der Waals surface area (Å²) in [5, 5.41) is 5.85. The highest BCUT2D eigenvalue weighted by atomic mass is 16.5. The number of amides is 2. The Bertz CT molecular complexity index is 1330. The molecule has 7 nitrogen and oxygen atoms in total. The predicted molar refractivity (Wildman–Crippen MR) is 147 cm³/mol. The van der Waals surface area contributed by atoms with Gasteiger partial charge in [0.25, 0.3) is 5.91 Å². The number of hydrogen-bond donors (Lipinski definition) is 2. The van der Waals surface area contributed by atoms with Crippen LogP contribution in [0.15, 0.2) is 60.7 Å². The van der Waals surface area contributed by atoms with E-state index in [0.717, 1.165) is 62.6 Å². The lowest BCUT2D eigenvalue weighted by Gasteiger charge is -2.53. The average Bonchev–Trinajstić information content (AvgIpc) is 3.30. The summed E-state index contributed by atoms with van der Waals surface area (Å²) < 4.78 is 7.69. The van der Waals surface area contributed by atoms with Gasteiger partial charge in [-0.1, -0.05) is 43.3 Å². The van der Waals surface area contributed by atoms with E-state index in [-0.39, 0.29) is 22.8 Å². The second-order valence-corrected chi connectivity index (χ2v) is 11.4. The first-order valence-corrected chi connectivity index (χ1v) is 13.6. The lowest BCUT2D eigenvalue weighted by atomic mass is 9.71. The van der Waals surface area contributed by atoms with E-state index in [9.17, 15) is 9.59 Å². The molecular formula is C31H36N4O3. The average molecular weight is 513 g/mol. The zero-order valence-electron chi connectivity index (χ0n) is 22.3. The van der Waals surface area contributed by atoms with Gasteiger partial charge in [0.05, 0.1) is 18.8 Å². The molecule has 3 heterocycles. The second kappa shape index (κ2) is 9.71. The molecule has 2 fully saturated rings. The van der Waals surface area contributed by atoms with Gasteiger partial charge in [-0.15, -0.1) is 0 Å². The molecule has 3 aliphatic rings. The van der Waals surface area contributed by atoms with E-state index in [0.29, 0.717) is 6.54 Å². The molecule has 2 N–H and O–H groups in total. The van der Waals surface area contributed by atoms with E-state index in [1.54, 1.807) is 0 Å². The fourth-order valence-electron chi connectivity index (χ4n) is 6.21. The summed E-state index contributed by atoms with van der Waals surface area (Å²) in [6.45, 7) is 8.48. The molecule has 2 aliphatic heterocycles. The molecular weight excluding hydrogens is 476 g/mol. The van der Waals surface area contributed by atoms with Crippen molar-refractivity contribution in [1.29, 1.82) is 0 Å². The Balaban J connectivity index is 1.13. The summed E-state index contributed by atoms with van der Waals surface area (Å²) in [5.74, 6) is -0.146. The van der Waals surface area contributed by atoms with Crippen LogP contribution in [0.2, 0.25) is 0 Å². The van der Waals surface area contributed by atoms with Crippen LogP contribution >= 0.6 is 0 Å². The summed E-state index contributed by atoms with van der Waals surface area (Å²) in [6.07, 6.45) is 3.48. The highest BCUT2D eigenvalue weighted by Crippen LogP contribution is 2.49. The molecule has 0 unspecified atom stereocenters. The third-order valence-electron chi connectivity index (χ3n) is 8.66. The number of nitrogens with one attached hydrogen (secondary N) is 2. The van der Waals surface area contributed by atoms with Gasteiger partial charge < -0.3 is 19.9 Å². The summed E-state index contributed by atoms with van der Waals surface area (Å²) in [6, 6.07) is 20.8. The maximum Gasteiger partial charge on any atom is 0.268 e. The SMILES string of the molecule is CC(=O)Nc1ccc(CNC(=O)c2ccc3n2CCN(Cc2ccc(C4(C)COC4)cc2)C32CCC2)cc1. The highest BCUT2D eigenvalue weighted by Gasteiger charge is 2.48. The molecule has 6 rings (SSSR count). The van der Waals surface area contributed by atoms with Crippen LogP contribution in [0.3, 0.4) is 0 Å². The van der Waals surface area contributed by atoms with Crippen molar-refractivity contribution in [3.8, 4) is 0 Å². The van der Waals surface area contributed by atoms with Gasteiger partial charge in [-0.25, -0.2) is 0 Å². The van der Waals surface area contributed by atoms with Crippen LogP contribution < -0.4 is 10.6 Å². The minimum Gasteiger partial charge on any atom is -0.379 e. The van der Waals surface area contributed by atoms with Gasteiger partial charge in [-0.2, -0.15) is 0 Å². The Hall–Kier alpha value is -3.42. The van der Waals surface area contributed by atoms with Crippen molar-refractivity contribution in [3.05, 3.63) is 88.7 Å². The third-order valence-corrected chi connectivity index (χ3v) is 8.66. The van der Waals surface area contributed by atoms with Crippen LogP contribution in [-0.2, 0) is 40.1 Å². The van der Waals surface area contributed by atoms with Crippen LogP contribution in [-0.4, -0.2) is 41.0 Å². The molecule has 38 heavy (non-hydrogen) atoms. The van der Waals surface area contributed by atoms with Crippen molar-refractivity contribution in [2.45, 2.75) is 63.7 Å². The van der Waals surface area contributed by atoms with Crippen LogP contribution in [0, 0.1) is 0 Å². The number of aromatic nitrogens is 1. The monoisotopic (exact) mass is 512 g/mol. The van der Waals surface area contributed by atoms with Crippen LogP contribution in [0.4, 0.5) is 5.69 Å². The summed E-state index contributed by atoms with van der Waals surface area (Å²) in [5.41, 5.74) is 6.63. The van der Waals surface area contributed by atoms with Gasteiger partial charge in [0.2, 0.25) is 5.91 Å². The zero-order chi connectivity index (χ0) is 26.3. The van der Waals surface area contributed by atoms with E-state index in [4.69, 9.17) is 4.74 Å². The van der Waals surface area contributed by atoms with Gasteiger partial charge in [0, 0.05) is 49.9 Å². The Kier molecular flexibility index (Phi) is 6.36. The smallest absolute Gasteiger partial charge is 0.268 e. The molecule has 0 atom stereocenters. The standard InChI is InChI=1S/C31H36N4O3/c1-22(36)33-26-10-6-23(7-11-26)18-32-29(37)27-12-13-28-31(14-3-15-31)34(16-17-35(27)28)19-24-4-8-25(9-5-24)30(2)20-38-21-30/h4-13H,3,14-21H2,1-2H3,(H,32,37)(H,33,36). The first-order valence-electron chi connectivity index (χ1n) is 13.6. The van der Waals surface area contributed by atoms with Gasteiger partial charge >= 0.3 is 0 Å². The van der Waals surface area contributed by atoms with Gasteiger partial charge in [0.15, 0.2) is 0 Å². The fourth-order valence-corrected chi connectivity index (χ4v) is 6.21. The lowest BCUT2D eigenvalue weighted by Crippen LogP contribution is -2.56. The number of hydrogen-bond acceptors (Lipinski definition) is 4. The maximum absolute atomic E-state index is 13.2. The fraction of sp³-hybridized carbons (Fsp3) is 0.419. The molecule has 0 radical (unpaired) electrons. The predicted octanol–water partition coefficient (Wildman–Crippen LogP) is 4.56. The minimum absolute atomic E-state index is 0.0167. The molecule has 1 aromatic heterocycles. The number of nitrogens with zero attached hydrogens (tertiary/aromatic N) is 2. The number of ether oxygens (including phenoxy) is 1. The first kappa shape index (κ1) is 24.9. The van der Waals surface area contributed by atoms with Crippen molar-refractivity contribution in [2.75, 3.05) is 25.1 Å². The van der Waals surface area contributed by atoms with Crippen molar-refractivity contribution >= 4 is 17.5 Å². The van der Waals surface area contributed by atoms with E-state index in [1.807, 2.05) is 30.3 Å².